The number of rotatable bonds is 6. The highest BCUT2D eigenvalue weighted by Crippen LogP contribution is 2.33. The fourth-order valence-corrected chi connectivity index (χ4v) is 2.08. The lowest BCUT2D eigenvalue weighted by Gasteiger charge is -2.11. The van der Waals surface area contributed by atoms with Crippen LogP contribution in [0, 0.1) is 0 Å². The van der Waals surface area contributed by atoms with Crippen LogP contribution in [0.1, 0.15) is 12.5 Å². The maximum Gasteiger partial charge on any atom is 0.321 e. The smallest absolute Gasteiger partial charge is 0.321 e. The molecule has 0 atom stereocenters. The van der Waals surface area contributed by atoms with E-state index >= 15 is 0 Å². The third-order valence-corrected chi connectivity index (χ3v) is 3.26. The molecule has 2 rings (SSSR count). The van der Waals surface area contributed by atoms with Gasteiger partial charge in [-0.05, 0) is 29.8 Å². The largest absolute Gasteiger partial charge is 0.493 e. The number of ether oxygens (including phenoxy) is 3. The zero-order valence-electron chi connectivity index (χ0n) is 14.3. The van der Waals surface area contributed by atoms with E-state index in [4.69, 9.17) is 14.2 Å². The van der Waals surface area contributed by atoms with E-state index < -0.39 is 11.9 Å². The molecule has 2 N–H and O–H groups in total. The number of hydrogen-bond donors (Lipinski definition) is 2. The van der Waals surface area contributed by atoms with Crippen molar-refractivity contribution in [3.05, 3.63) is 48.0 Å². The quantitative estimate of drug-likeness (QED) is 0.841. The van der Waals surface area contributed by atoms with Crippen molar-refractivity contribution in [3.8, 4) is 23.0 Å². The second-order valence-corrected chi connectivity index (χ2v) is 5.13. The van der Waals surface area contributed by atoms with Crippen molar-refractivity contribution in [3.63, 3.8) is 0 Å². The van der Waals surface area contributed by atoms with E-state index in [2.05, 4.69) is 10.6 Å². The van der Waals surface area contributed by atoms with Crippen LogP contribution >= 0.6 is 0 Å². The lowest BCUT2D eigenvalue weighted by Crippen LogP contribution is -2.37. The summed E-state index contributed by atoms with van der Waals surface area (Å²) in [6.07, 6.45) is 0. The molecule has 0 aromatic heterocycles. The third-order valence-electron chi connectivity index (χ3n) is 3.26. The first kappa shape index (κ1) is 18.1. The summed E-state index contributed by atoms with van der Waals surface area (Å²) in [6.45, 7) is 1.58. The van der Waals surface area contributed by atoms with E-state index in [0.717, 1.165) is 5.56 Å². The molecule has 3 amide bonds. The van der Waals surface area contributed by atoms with Crippen LogP contribution in [0.25, 0.3) is 0 Å². The van der Waals surface area contributed by atoms with Gasteiger partial charge in [-0.2, -0.15) is 0 Å². The van der Waals surface area contributed by atoms with Crippen LogP contribution in [-0.4, -0.2) is 26.2 Å². The molecule has 0 spiro atoms. The number of carbonyl (C=O) groups is 2. The zero-order chi connectivity index (χ0) is 18.2. The predicted molar refractivity (Wildman–Crippen MR) is 92.1 cm³/mol. The van der Waals surface area contributed by atoms with Gasteiger partial charge in [0, 0.05) is 19.5 Å². The summed E-state index contributed by atoms with van der Waals surface area (Å²) in [4.78, 5) is 22.1. The zero-order valence-corrected chi connectivity index (χ0v) is 14.3. The van der Waals surface area contributed by atoms with Crippen molar-refractivity contribution in [2.75, 3.05) is 14.2 Å². The van der Waals surface area contributed by atoms with Gasteiger partial charge >= 0.3 is 6.03 Å². The number of imide groups is 1. The van der Waals surface area contributed by atoms with Gasteiger partial charge < -0.3 is 19.5 Å². The summed E-state index contributed by atoms with van der Waals surface area (Å²) in [5, 5.41) is 4.73. The van der Waals surface area contributed by atoms with Crippen LogP contribution in [0.3, 0.4) is 0 Å². The Bertz CT molecular complexity index is 744. The van der Waals surface area contributed by atoms with E-state index in [9.17, 15) is 9.59 Å². The Balaban J connectivity index is 1.96. The molecule has 7 heteroatoms. The SMILES string of the molecule is COc1ccc(Oc2ccc(CNC(=O)NC(C)=O)cc2)cc1OC. The normalized spacial score (nSPS) is 9.88. The Morgan fingerprint density at radius 3 is 2.16 bits per heavy atom. The lowest BCUT2D eigenvalue weighted by molar-refractivity contribution is -0.117. The average molecular weight is 344 g/mol. The van der Waals surface area contributed by atoms with Gasteiger partial charge in [0.15, 0.2) is 11.5 Å². The van der Waals surface area contributed by atoms with Crippen LogP contribution in [0.15, 0.2) is 42.5 Å². The molecule has 0 bridgehead atoms. The predicted octanol–water partition coefficient (Wildman–Crippen LogP) is 2.84. The van der Waals surface area contributed by atoms with Gasteiger partial charge in [-0.1, -0.05) is 12.1 Å². The number of benzene rings is 2. The Labute approximate surface area is 145 Å². The van der Waals surface area contributed by atoms with Crippen LogP contribution in [0.4, 0.5) is 4.79 Å². The number of carbonyl (C=O) groups excluding carboxylic acids is 2. The second kappa shape index (κ2) is 8.58. The summed E-state index contributed by atoms with van der Waals surface area (Å²) >= 11 is 0. The fraction of sp³-hybridized carbons (Fsp3) is 0.222. The first-order chi connectivity index (χ1) is 12.0. The number of urea groups is 1. The summed E-state index contributed by atoms with van der Waals surface area (Å²) in [7, 11) is 3.13. The molecule has 0 saturated heterocycles. The Morgan fingerprint density at radius 2 is 1.56 bits per heavy atom. The summed E-state index contributed by atoms with van der Waals surface area (Å²) in [6, 6.07) is 12.0. The third kappa shape index (κ3) is 5.42. The van der Waals surface area contributed by atoms with E-state index in [1.165, 1.54) is 6.92 Å². The number of nitrogens with one attached hydrogen (secondary N) is 2. The first-order valence-corrected chi connectivity index (χ1v) is 7.56. The topological polar surface area (TPSA) is 85.9 Å². The molecule has 0 aliphatic heterocycles. The standard InChI is InChI=1S/C18H20N2O5/c1-12(21)20-18(22)19-11-13-4-6-14(7-5-13)25-15-8-9-16(23-2)17(10-15)24-3/h4-10H,11H2,1-3H3,(H2,19,20,21,22). The second-order valence-electron chi connectivity index (χ2n) is 5.13. The molecule has 0 unspecified atom stereocenters. The van der Waals surface area contributed by atoms with Crippen LogP contribution in [0.2, 0.25) is 0 Å². The van der Waals surface area contributed by atoms with Gasteiger partial charge in [0.25, 0.3) is 0 Å². The van der Waals surface area contributed by atoms with Crippen molar-refractivity contribution in [1.82, 2.24) is 10.6 Å². The minimum absolute atomic E-state index is 0.301. The summed E-state index contributed by atoms with van der Waals surface area (Å²) < 4.78 is 16.2. The molecule has 0 heterocycles. The Kier molecular flexibility index (Phi) is 6.22. The van der Waals surface area contributed by atoms with Crippen LogP contribution < -0.4 is 24.8 Å². The first-order valence-electron chi connectivity index (χ1n) is 7.56. The Hall–Kier alpha value is -3.22. The number of hydrogen-bond acceptors (Lipinski definition) is 5. The average Bonchev–Trinajstić information content (AvgIpc) is 2.60. The van der Waals surface area contributed by atoms with Crippen molar-refractivity contribution in [2.45, 2.75) is 13.5 Å². The van der Waals surface area contributed by atoms with Gasteiger partial charge in [-0.3, -0.25) is 10.1 Å². The number of amides is 3. The molecule has 0 radical (unpaired) electrons. The summed E-state index contributed by atoms with van der Waals surface area (Å²) in [5.74, 6) is 2.06. The van der Waals surface area contributed by atoms with Gasteiger partial charge in [0.2, 0.25) is 5.91 Å². The molecule has 0 aliphatic carbocycles. The number of methoxy groups -OCH3 is 2. The highest BCUT2D eigenvalue weighted by molar-refractivity contribution is 5.92. The summed E-state index contributed by atoms with van der Waals surface area (Å²) in [5.41, 5.74) is 0.873. The van der Waals surface area contributed by atoms with Crippen molar-refractivity contribution < 1.29 is 23.8 Å². The fourth-order valence-electron chi connectivity index (χ4n) is 2.08. The maximum absolute atomic E-state index is 11.4. The van der Waals surface area contributed by atoms with E-state index in [-0.39, 0.29) is 0 Å². The van der Waals surface area contributed by atoms with Crippen molar-refractivity contribution in [2.24, 2.45) is 0 Å². The Morgan fingerprint density at radius 1 is 0.920 bits per heavy atom. The van der Waals surface area contributed by atoms with Crippen LogP contribution in [0.5, 0.6) is 23.0 Å². The highest BCUT2D eigenvalue weighted by atomic mass is 16.5. The molecule has 25 heavy (non-hydrogen) atoms. The highest BCUT2D eigenvalue weighted by Gasteiger charge is 2.07. The van der Waals surface area contributed by atoms with Gasteiger partial charge in [0.1, 0.15) is 11.5 Å². The lowest BCUT2D eigenvalue weighted by atomic mass is 10.2. The van der Waals surface area contributed by atoms with E-state index in [1.807, 2.05) is 12.1 Å². The van der Waals surface area contributed by atoms with Crippen molar-refractivity contribution >= 4 is 11.9 Å². The monoisotopic (exact) mass is 344 g/mol. The van der Waals surface area contributed by atoms with Gasteiger partial charge in [-0.25, -0.2) is 4.79 Å². The van der Waals surface area contributed by atoms with Gasteiger partial charge in [-0.15, -0.1) is 0 Å². The molecular weight excluding hydrogens is 324 g/mol. The maximum atomic E-state index is 11.4. The molecule has 7 nitrogen and oxygen atoms in total. The van der Waals surface area contributed by atoms with E-state index in [1.54, 1.807) is 44.6 Å². The van der Waals surface area contributed by atoms with Gasteiger partial charge in [0.05, 0.1) is 14.2 Å². The minimum Gasteiger partial charge on any atom is -0.493 e. The minimum atomic E-state index is -0.529. The molecular formula is C18H20N2O5. The molecule has 0 fully saturated rings. The molecule has 0 saturated carbocycles. The van der Waals surface area contributed by atoms with Crippen molar-refractivity contribution in [1.29, 1.82) is 0 Å². The van der Waals surface area contributed by atoms with E-state index in [0.29, 0.717) is 29.5 Å². The van der Waals surface area contributed by atoms with Crippen LogP contribution in [-0.2, 0) is 11.3 Å². The molecule has 2 aromatic carbocycles. The molecule has 132 valence electrons. The molecule has 0 aliphatic rings. The molecule has 2 aromatic rings.